The van der Waals surface area contributed by atoms with E-state index in [2.05, 4.69) is 89.6 Å². The Bertz CT molecular complexity index is 1130. The first-order chi connectivity index (χ1) is 17.3. The fourth-order valence-corrected chi connectivity index (χ4v) is 8.40. The zero-order chi connectivity index (χ0) is 26.8. The molecule has 208 valence electrons. The molecule has 0 aromatic heterocycles. The summed E-state index contributed by atoms with van der Waals surface area (Å²) in [5.41, 5.74) is 2.75. The number of carbonyl (C=O) groups excluding carboxylic acids is 1. The number of benzene rings is 1. The standard InChI is InChI=1S/C34H47NO2.CH4/c1-22(2)35(7)25-11-8-23(9-12-25)29-21-33(6)30(16-17-34(33,37)19-18-32(3,4)5)28-14-10-24-20-26(36)13-15-27(24)31(28)29;/h8-9,11-12,20,22,27-31,37H,10,13-17,21H2,1-7H3;1H4/t27-,28-,29+,30-,31+,33-,34+;/m0./s1. The molecule has 1 N–H and O–H groups in total. The third-order valence-corrected chi connectivity index (χ3v) is 10.6. The fourth-order valence-electron chi connectivity index (χ4n) is 8.40. The van der Waals surface area contributed by atoms with Crippen molar-refractivity contribution in [3.63, 3.8) is 0 Å². The van der Waals surface area contributed by atoms with Gasteiger partial charge < -0.3 is 10.0 Å². The lowest BCUT2D eigenvalue weighted by atomic mass is 9.46. The van der Waals surface area contributed by atoms with Gasteiger partial charge in [-0.05, 0) is 127 Å². The van der Waals surface area contributed by atoms with Crippen LogP contribution in [0.5, 0.6) is 0 Å². The van der Waals surface area contributed by atoms with Crippen molar-refractivity contribution in [2.24, 2.45) is 34.5 Å². The number of fused-ring (bicyclic) bond motifs is 5. The molecular weight excluding hydrogens is 466 g/mol. The van der Waals surface area contributed by atoms with E-state index in [4.69, 9.17) is 0 Å². The number of hydrogen-bond donors (Lipinski definition) is 1. The molecule has 3 nitrogen and oxygen atoms in total. The van der Waals surface area contributed by atoms with Crippen molar-refractivity contribution in [2.75, 3.05) is 11.9 Å². The van der Waals surface area contributed by atoms with Gasteiger partial charge in [0.25, 0.3) is 0 Å². The van der Waals surface area contributed by atoms with Crippen LogP contribution in [0.4, 0.5) is 5.69 Å². The third kappa shape index (κ3) is 4.88. The number of hydrogen-bond acceptors (Lipinski definition) is 3. The molecule has 0 heterocycles. The Morgan fingerprint density at radius 3 is 2.37 bits per heavy atom. The number of allylic oxidation sites excluding steroid dienone is 1. The average molecular weight is 518 g/mol. The molecule has 0 spiro atoms. The van der Waals surface area contributed by atoms with E-state index < -0.39 is 5.60 Å². The smallest absolute Gasteiger partial charge is 0.155 e. The van der Waals surface area contributed by atoms with Crippen LogP contribution < -0.4 is 4.90 Å². The fraction of sp³-hybridized carbons (Fsp3) is 0.686. The highest BCUT2D eigenvalue weighted by molar-refractivity contribution is 5.91. The molecular formula is C35H51NO2. The average Bonchev–Trinajstić information content (AvgIpc) is 3.11. The van der Waals surface area contributed by atoms with Gasteiger partial charge in [0, 0.05) is 36.0 Å². The topological polar surface area (TPSA) is 40.5 Å². The van der Waals surface area contributed by atoms with E-state index in [0.717, 1.165) is 38.5 Å². The van der Waals surface area contributed by atoms with Crippen molar-refractivity contribution in [1.29, 1.82) is 0 Å². The van der Waals surface area contributed by atoms with Gasteiger partial charge in [-0.25, -0.2) is 0 Å². The Labute approximate surface area is 232 Å². The second kappa shape index (κ2) is 10.2. The van der Waals surface area contributed by atoms with E-state index in [1.54, 1.807) is 0 Å². The molecule has 1 aromatic rings. The van der Waals surface area contributed by atoms with Gasteiger partial charge >= 0.3 is 0 Å². The van der Waals surface area contributed by atoms with Crippen LogP contribution in [0, 0.1) is 46.3 Å². The van der Waals surface area contributed by atoms with Crippen molar-refractivity contribution >= 4 is 11.5 Å². The molecule has 0 unspecified atom stereocenters. The lowest BCUT2D eigenvalue weighted by Gasteiger charge is -2.58. The number of carbonyl (C=O) groups is 1. The molecule has 38 heavy (non-hydrogen) atoms. The summed E-state index contributed by atoms with van der Waals surface area (Å²) in [6.45, 7) is 13.2. The maximum atomic E-state index is 12.3. The number of ketones is 1. The predicted molar refractivity (Wildman–Crippen MR) is 159 cm³/mol. The van der Waals surface area contributed by atoms with Crippen molar-refractivity contribution in [3.8, 4) is 11.8 Å². The quantitative estimate of drug-likeness (QED) is 0.416. The Balaban J connectivity index is 0.00000336. The maximum Gasteiger partial charge on any atom is 0.155 e. The summed E-state index contributed by atoms with van der Waals surface area (Å²) in [5.74, 6) is 9.64. The number of anilines is 1. The molecule has 0 amide bonds. The SMILES string of the molecule is C.CC(C)N(C)c1ccc([C@H]2C[C@@]3(C)[C@@H](CC[C@@]3(O)C#CC(C)(C)C)[C@@H]3CCC4=CC(=O)CC[C@@H]4[C@H]32)cc1. The summed E-state index contributed by atoms with van der Waals surface area (Å²) in [6.07, 6.45) is 8.65. The zero-order valence-corrected chi connectivity index (χ0v) is 24.1. The van der Waals surface area contributed by atoms with Gasteiger partial charge in [0.05, 0.1) is 0 Å². The second-order valence-corrected chi connectivity index (χ2v) is 14.1. The minimum atomic E-state index is -0.940. The summed E-state index contributed by atoms with van der Waals surface area (Å²) in [5, 5.41) is 12.2. The van der Waals surface area contributed by atoms with Gasteiger partial charge in [-0.15, -0.1) is 0 Å². The molecule has 3 saturated carbocycles. The molecule has 0 bridgehead atoms. The Morgan fingerprint density at radius 1 is 1.05 bits per heavy atom. The largest absolute Gasteiger partial charge is 0.377 e. The molecule has 0 saturated heterocycles. The predicted octanol–water partition coefficient (Wildman–Crippen LogP) is 7.78. The molecule has 0 aliphatic heterocycles. The zero-order valence-electron chi connectivity index (χ0n) is 24.1. The van der Waals surface area contributed by atoms with Gasteiger partial charge in [0.1, 0.15) is 5.60 Å². The van der Waals surface area contributed by atoms with Crippen molar-refractivity contribution in [3.05, 3.63) is 41.5 Å². The lowest BCUT2D eigenvalue weighted by Crippen LogP contribution is -2.54. The van der Waals surface area contributed by atoms with E-state index >= 15 is 0 Å². The molecule has 0 radical (unpaired) electrons. The minimum Gasteiger partial charge on any atom is -0.377 e. The summed E-state index contributed by atoms with van der Waals surface area (Å²) in [7, 11) is 2.16. The van der Waals surface area contributed by atoms with Crippen LogP contribution in [0.15, 0.2) is 35.9 Å². The van der Waals surface area contributed by atoms with Crippen molar-refractivity contribution in [2.45, 2.75) is 111 Å². The van der Waals surface area contributed by atoms with E-state index in [9.17, 15) is 9.90 Å². The van der Waals surface area contributed by atoms with E-state index in [0.29, 0.717) is 47.8 Å². The second-order valence-electron chi connectivity index (χ2n) is 14.1. The summed E-state index contributed by atoms with van der Waals surface area (Å²) in [6, 6.07) is 9.71. The van der Waals surface area contributed by atoms with Gasteiger partial charge in [-0.2, -0.15) is 0 Å². The van der Waals surface area contributed by atoms with Crippen LogP contribution in [0.3, 0.4) is 0 Å². The Hall–Kier alpha value is -2.05. The highest BCUT2D eigenvalue weighted by atomic mass is 16.3. The molecule has 5 rings (SSSR count). The molecule has 4 aliphatic rings. The van der Waals surface area contributed by atoms with E-state index in [1.165, 1.54) is 16.8 Å². The molecule has 7 atom stereocenters. The van der Waals surface area contributed by atoms with Crippen molar-refractivity contribution in [1.82, 2.24) is 0 Å². The Kier molecular flexibility index (Phi) is 7.74. The summed E-state index contributed by atoms with van der Waals surface area (Å²) >= 11 is 0. The number of nitrogens with zero attached hydrogens (tertiary/aromatic N) is 1. The Morgan fingerprint density at radius 2 is 1.74 bits per heavy atom. The molecule has 3 fully saturated rings. The van der Waals surface area contributed by atoms with Gasteiger partial charge in [0.2, 0.25) is 0 Å². The number of aliphatic hydroxyl groups is 1. The van der Waals surface area contributed by atoms with Crippen molar-refractivity contribution < 1.29 is 9.90 Å². The summed E-state index contributed by atoms with van der Waals surface area (Å²) < 4.78 is 0. The molecule has 4 aliphatic carbocycles. The minimum absolute atomic E-state index is 0. The molecule has 1 aromatic carbocycles. The third-order valence-electron chi connectivity index (χ3n) is 10.6. The van der Waals surface area contributed by atoms with E-state index in [-0.39, 0.29) is 18.3 Å². The molecule has 3 heteroatoms. The van der Waals surface area contributed by atoms with Gasteiger partial charge in [0.15, 0.2) is 5.78 Å². The maximum absolute atomic E-state index is 12.3. The van der Waals surface area contributed by atoms with E-state index in [1.807, 2.05) is 6.08 Å². The van der Waals surface area contributed by atoms with Gasteiger partial charge in [-0.1, -0.05) is 43.9 Å². The number of rotatable bonds is 3. The lowest BCUT2D eigenvalue weighted by molar-refractivity contribution is -0.117. The first-order valence-corrected chi connectivity index (χ1v) is 14.7. The van der Waals surface area contributed by atoms with Crippen LogP contribution in [0.1, 0.15) is 105 Å². The highest BCUT2D eigenvalue weighted by Crippen LogP contribution is 2.68. The summed E-state index contributed by atoms with van der Waals surface area (Å²) in [4.78, 5) is 14.6. The normalized spacial score (nSPS) is 36.2. The first-order valence-electron chi connectivity index (χ1n) is 14.7. The van der Waals surface area contributed by atoms with Crippen LogP contribution in [0.25, 0.3) is 0 Å². The van der Waals surface area contributed by atoms with Crippen LogP contribution in [-0.2, 0) is 4.79 Å². The van der Waals surface area contributed by atoms with Crippen LogP contribution in [0.2, 0.25) is 0 Å². The monoisotopic (exact) mass is 517 g/mol. The van der Waals surface area contributed by atoms with Gasteiger partial charge in [-0.3, -0.25) is 4.79 Å². The van der Waals surface area contributed by atoms with Crippen LogP contribution in [-0.4, -0.2) is 29.6 Å². The first kappa shape index (κ1) is 28.9. The van der Waals surface area contributed by atoms with Crippen LogP contribution >= 0.6 is 0 Å². The highest BCUT2D eigenvalue weighted by Gasteiger charge is 2.64.